The average Bonchev–Trinajstić information content (AvgIpc) is 3.07. The summed E-state index contributed by atoms with van der Waals surface area (Å²) in [6, 6.07) is 15.3. The average molecular weight is 575 g/mol. The van der Waals surface area contributed by atoms with E-state index < -0.39 is 42.6 Å². The molecule has 40 heavy (non-hydrogen) atoms. The van der Waals surface area contributed by atoms with Crippen LogP contribution in [-0.2, 0) is 32.1 Å². The Morgan fingerprint density at radius 3 is 2.35 bits per heavy atom. The number of benzene rings is 2. The van der Waals surface area contributed by atoms with E-state index >= 15 is 0 Å². The molecule has 0 spiro atoms. The van der Waals surface area contributed by atoms with Gasteiger partial charge in [-0.1, -0.05) is 29.8 Å². The van der Waals surface area contributed by atoms with Crippen molar-refractivity contribution in [3.63, 3.8) is 0 Å². The van der Waals surface area contributed by atoms with Gasteiger partial charge in [-0.05, 0) is 60.0 Å². The Balaban J connectivity index is 1.65. The van der Waals surface area contributed by atoms with Crippen molar-refractivity contribution in [3.8, 4) is 0 Å². The van der Waals surface area contributed by atoms with E-state index in [0.717, 1.165) is 5.56 Å². The fraction of sp³-hybridized carbons (Fsp3) is 0.222. The van der Waals surface area contributed by atoms with Gasteiger partial charge >= 0.3 is 12.1 Å². The number of amides is 3. The lowest BCUT2D eigenvalue weighted by Crippen LogP contribution is -2.55. The normalized spacial score (nSPS) is 14.2. The number of para-hydroxylation sites is 1. The summed E-state index contributed by atoms with van der Waals surface area (Å²) >= 11 is 5.90. The number of anilines is 1. The molecule has 3 amide bonds. The second-order valence-corrected chi connectivity index (χ2v) is 9.15. The number of pyridine rings is 1. The minimum Gasteiger partial charge on any atom is -0.425 e. The number of aromatic nitrogens is 1. The van der Waals surface area contributed by atoms with Crippen LogP contribution in [0.15, 0.2) is 73.1 Å². The summed E-state index contributed by atoms with van der Waals surface area (Å²) in [5.41, 5.74) is 1.36. The molecule has 0 saturated carbocycles. The highest BCUT2D eigenvalue weighted by Gasteiger charge is 2.46. The van der Waals surface area contributed by atoms with Crippen LogP contribution in [0, 0.1) is 0 Å². The highest BCUT2D eigenvalue weighted by Crippen LogP contribution is 2.30. The van der Waals surface area contributed by atoms with Gasteiger partial charge in [0, 0.05) is 36.1 Å². The van der Waals surface area contributed by atoms with E-state index in [2.05, 4.69) is 15.0 Å². The number of esters is 1. The molecule has 1 aromatic heterocycles. The Bertz CT molecular complexity index is 1400. The fourth-order valence-corrected chi connectivity index (χ4v) is 4.18. The van der Waals surface area contributed by atoms with Crippen molar-refractivity contribution in [2.24, 2.45) is 0 Å². The molecule has 1 unspecified atom stereocenters. The number of carbonyl (C=O) groups excluding carboxylic acids is 4. The Morgan fingerprint density at radius 1 is 1.00 bits per heavy atom. The standard InChI is InChI=1S/C27H22ClF3N4O5/c28-20-7-5-18(6-8-20)24(38)34-15-19-3-1-2-4-21(19)35(22(36)16-34)25(40-26(39)27(29,30)31)23(37)33-14-11-17-9-12-32-13-10-17/h1-10,12-13,25H,11,14-16H2,(H,33,37). The van der Waals surface area contributed by atoms with Crippen LogP contribution >= 0.6 is 11.6 Å². The quantitative estimate of drug-likeness (QED) is 0.433. The number of alkyl halides is 3. The molecule has 3 aromatic rings. The Hall–Kier alpha value is -4.45. The second-order valence-electron chi connectivity index (χ2n) is 8.71. The number of rotatable bonds is 7. The molecule has 13 heteroatoms. The zero-order valence-electron chi connectivity index (χ0n) is 20.7. The largest absolute Gasteiger partial charge is 0.491 e. The van der Waals surface area contributed by atoms with Crippen LogP contribution < -0.4 is 10.2 Å². The molecule has 1 aliphatic rings. The van der Waals surface area contributed by atoms with Gasteiger partial charge in [-0.2, -0.15) is 13.2 Å². The lowest BCUT2D eigenvalue weighted by Gasteiger charge is -2.30. The van der Waals surface area contributed by atoms with Gasteiger partial charge in [0.2, 0.25) is 5.91 Å². The first-order chi connectivity index (χ1) is 19.0. The molecule has 4 rings (SSSR count). The smallest absolute Gasteiger partial charge is 0.425 e. The molecular formula is C27H22ClF3N4O5. The second kappa shape index (κ2) is 12.2. The summed E-state index contributed by atoms with van der Waals surface area (Å²) in [5, 5.41) is 2.82. The van der Waals surface area contributed by atoms with Crippen molar-refractivity contribution < 1.29 is 37.1 Å². The third-order valence-electron chi connectivity index (χ3n) is 5.96. The Kier molecular flexibility index (Phi) is 8.68. The van der Waals surface area contributed by atoms with E-state index in [4.69, 9.17) is 11.6 Å². The van der Waals surface area contributed by atoms with Crippen LogP contribution in [0.2, 0.25) is 5.02 Å². The minimum atomic E-state index is -5.43. The van der Waals surface area contributed by atoms with Gasteiger partial charge < -0.3 is 15.0 Å². The van der Waals surface area contributed by atoms with Crippen molar-refractivity contribution in [2.75, 3.05) is 18.0 Å². The number of halogens is 4. The third kappa shape index (κ3) is 6.75. The van der Waals surface area contributed by atoms with Crippen molar-refractivity contribution >= 4 is 41.0 Å². The molecule has 0 bridgehead atoms. The first-order valence-corrected chi connectivity index (χ1v) is 12.3. The maximum Gasteiger partial charge on any atom is 0.491 e. The molecule has 0 aliphatic carbocycles. The van der Waals surface area contributed by atoms with Crippen LogP contribution in [0.5, 0.6) is 0 Å². The SMILES string of the molecule is O=C(NCCc1ccncc1)C(OC(=O)C(F)(F)F)N1C(=O)CN(C(=O)c2ccc(Cl)cc2)Cc2ccccc21. The molecule has 0 saturated heterocycles. The van der Waals surface area contributed by atoms with Crippen LogP contribution in [0.3, 0.4) is 0 Å². The van der Waals surface area contributed by atoms with Gasteiger partial charge in [0.1, 0.15) is 6.54 Å². The number of nitrogens with zero attached hydrogens (tertiary/aromatic N) is 3. The number of carbonyl (C=O) groups is 4. The fourth-order valence-electron chi connectivity index (χ4n) is 4.05. The molecule has 2 aromatic carbocycles. The van der Waals surface area contributed by atoms with Crippen molar-refractivity contribution in [2.45, 2.75) is 25.4 Å². The molecule has 1 N–H and O–H groups in total. The zero-order valence-corrected chi connectivity index (χ0v) is 21.5. The van der Waals surface area contributed by atoms with E-state index in [1.54, 1.807) is 24.3 Å². The summed E-state index contributed by atoms with van der Waals surface area (Å²) in [4.78, 5) is 57.5. The predicted octanol–water partition coefficient (Wildman–Crippen LogP) is 3.51. The van der Waals surface area contributed by atoms with Crippen LogP contribution in [0.25, 0.3) is 0 Å². The van der Waals surface area contributed by atoms with Crippen molar-refractivity contribution in [3.05, 3.63) is 94.8 Å². The number of nitrogens with one attached hydrogen (secondary N) is 1. The molecule has 0 radical (unpaired) electrons. The maximum absolute atomic E-state index is 13.5. The van der Waals surface area contributed by atoms with Gasteiger partial charge in [0.25, 0.3) is 18.0 Å². The predicted molar refractivity (Wildman–Crippen MR) is 137 cm³/mol. The molecule has 208 valence electrons. The minimum absolute atomic E-state index is 0.0168. The first-order valence-electron chi connectivity index (χ1n) is 11.9. The molecule has 2 heterocycles. The number of ether oxygens (including phenoxy) is 1. The van der Waals surface area contributed by atoms with E-state index in [1.165, 1.54) is 53.7 Å². The van der Waals surface area contributed by atoms with Gasteiger partial charge in [0.15, 0.2) is 0 Å². The van der Waals surface area contributed by atoms with E-state index in [0.29, 0.717) is 21.9 Å². The highest BCUT2D eigenvalue weighted by molar-refractivity contribution is 6.30. The Morgan fingerprint density at radius 2 is 1.68 bits per heavy atom. The van der Waals surface area contributed by atoms with Gasteiger partial charge in [0.05, 0.1) is 5.69 Å². The summed E-state index contributed by atoms with van der Waals surface area (Å²) in [7, 11) is 0. The Labute approximate surface area is 231 Å². The first kappa shape index (κ1) is 28.6. The zero-order chi connectivity index (χ0) is 28.9. The lowest BCUT2D eigenvalue weighted by molar-refractivity contribution is -0.205. The maximum atomic E-state index is 13.5. The summed E-state index contributed by atoms with van der Waals surface area (Å²) in [6.45, 7) is -0.752. The number of hydrogen-bond acceptors (Lipinski definition) is 6. The molecule has 9 nitrogen and oxygen atoms in total. The monoisotopic (exact) mass is 574 g/mol. The molecule has 1 aliphatic heterocycles. The molecule has 1 atom stereocenters. The number of hydrogen-bond donors (Lipinski definition) is 1. The van der Waals surface area contributed by atoms with E-state index in [-0.39, 0.29) is 24.3 Å². The van der Waals surface area contributed by atoms with E-state index in [1.807, 2.05) is 0 Å². The van der Waals surface area contributed by atoms with Gasteiger partial charge in [-0.3, -0.25) is 24.3 Å². The number of fused-ring (bicyclic) bond motifs is 1. The van der Waals surface area contributed by atoms with Gasteiger partial charge in [-0.25, -0.2) is 4.79 Å². The molecular weight excluding hydrogens is 553 g/mol. The summed E-state index contributed by atoms with van der Waals surface area (Å²) in [5.74, 6) is -5.28. The lowest BCUT2D eigenvalue weighted by atomic mass is 10.1. The van der Waals surface area contributed by atoms with Crippen LogP contribution in [0.1, 0.15) is 21.5 Å². The topological polar surface area (TPSA) is 109 Å². The molecule has 0 fully saturated rings. The third-order valence-corrected chi connectivity index (χ3v) is 6.21. The van der Waals surface area contributed by atoms with Gasteiger partial charge in [-0.15, -0.1) is 0 Å². The van der Waals surface area contributed by atoms with Crippen molar-refractivity contribution in [1.29, 1.82) is 0 Å². The van der Waals surface area contributed by atoms with Crippen LogP contribution in [0.4, 0.5) is 18.9 Å². The highest BCUT2D eigenvalue weighted by atomic mass is 35.5. The van der Waals surface area contributed by atoms with E-state index in [9.17, 15) is 32.3 Å². The summed E-state index contributed by atoms with van der Waals surface area (Å²) < 4.78 is 44.2. The summed E-state index contributed by atoms with van der Waals surface area (Å²) in [6.07, 6.45) is -4.36. The van der Waals surface area contributed by atoms with Crippen molar-refractivity contribution in [1.82, 2.24) is 15.2 Å². The van der Waals surface area contributed by atoms with Crippen LogP contribution in [-0.4, -0.2) is 59.1 Å².